The third-order valence-electron chi connectivity index (χ3n) is 22.7. The molecule has 0 saturated carbocycles. The molecule has 0 bridgehead atoms. The van der Waals surface area contributed by atoms with Crippen LogP contribution in [0.2, 0.25) is 0 Å². The Balaban J connectivity index is 0.000000184. The molecule has 3 aliphatic heterocycles. The lowest BCUT2D eigenvalue weighted by atomic mass is 9.90. The minimum absolute atomic E-state index is 0.00664. The third kappa shape index (κ3) is 24.6. The minimum Gasteiger partial charge on any atom is -0.481 e. The molecule has 0 aromatic carbocycles. The van der Waals surface area contributed by atoms with Crippen LogP contribution in [-0.4, -0.2) is 197 Å². The third-order valence-corrected chi connectivity index (χ3v) is 22.7. The number of esters is 3. The summed E-state index contributed by atoms with van der Waals surface area (Å²) in [6, 6.07) is 13.4. The van der Waals surface area contributed by atoms with E-state index < -0.39 is 65.6 Å². The zero-order valence-corrected chi connectivity index (χ0v) is 68.4. The van der Waals surface area contributed by atoms with Gasteiger partial charge in [-0.3, -0.25) is 58.1 Å². The van der Waals surface area contributed by atoms with Crippen molar-refractivity contribution < 1.29 is 77.8 Å². The number of aromatic nitrogens is 9. The second-order valence-electron chi connectivity index (χ2n) is 31.5. The highest BCUT2D eigenvalue weighted by molar-refractivity contribution is 5.85. The predicted molar refractivity (Wildman–Crippen MR) is 434 cm³/mol. The fourth-order valence-corrected chi connectivity index (χ4v) is 15.8. The molecule has 4 atom stereocenters. The number of carboxylic acids is 4. The Morgan fingerprint density at radius 1 is 0.422 bits per heavy atom. The lowest BCUT2D eigenvalue weighted by Gasteiger charge is -2.34. The normalized spacial score (nSPS) is 16.6. The Kier molecular flexibility index (Phi) is 31.4. The molecule has 12 rings (SSSR count). The molecule has 9 heterocycles. The number of rotatable bonds is 31. The van der Waals surface area contributed by atoms with Gasteiger partial charge < -0.3 is 65.3 Å². The van der Waals surface area contributed by atoms with Gasteiger partial charge in [-0.1, -0.05) is 18.2 Å². The van der Waals surface area contributed by atoms with Crippen molar-refractivity contribution in [3.63, 3.8) is 0 Å². The zero-order chi connectivity index (χ0) is 83.3. The summed E-state index contributed by atoms with van der Waals surface area (Å²) in [7, 11) is 0. The number of aliphatic carboxylic acids is 4. The van der Waals surface area contributed by atoms with Crippen LogP contribution in [0.4, 0.5) is 34.9 Å². The monoisotopic (exact) mass is 1600 g/mol. The fraction of sp³-hybridized carbons (Fsp3) is 0.576. The molecule has 31 heteroatoms. The molecule has 0 unspecified atom stereocenters. The lowest BCUT2D eigenvalue weighted by molar-refractivity contribution is -0.157. The van der Waals surface area contributed by atoms with Gasteiger partial charge in [-0.25, -0.2) is 29.9 Å². The van der Waals surface area contributed by atoms with E-state index in [9.17, 15) is 58.5 Å². The van der Waals surface area contributed by atoms with Crippen LogP contribution in [0.15, 0.2) is 36.4 Å². The van der Waals surface area contributed by atoms with E-state index in [1.807, 2.05) is 34.6 Å². The van der Waals surface area contributed by atoms with Crippen LogP contribution in [0.3, 0.4) is 0 Å². The number of ether oxygens (including phenoxy) is 3. The van der Waals surface area contributed by atoms with E-state index >= 15 is 0 Å². The van der Waals surface area contributed by atoms with Crippen molar-refractivity contribution in [1.29, 1.82) is 0 Å². The number of aryl methyl sites for hydroxylation is 9. The SMILES string of the molecule is CC(=O)COC(=O)C[C@@H](CNc1nc(C)nc(N2CCC(c3ccc4c(n3)CCCC4)CC2)c1C)C(=O)O.CC(=O)[C@H](C)OC(=O)C[C@@H](CNc1nc(C)nc(N2CCC(c3ccc4c(n3)CCCC4)CC2)c1C)C(=O)O.Cc1nc(NC[C@H](CC(=O)OCCC(=O)O)C(=O)O)c(C)c(N2CCC(c3ccc4c(n3)CCCC4)CC2)n1. The van der Waals surface area contributed by atoms with Gasteiger partial charge >= 0.3 is 41.8 Å². The number of carboxylic acid groups (broad SMARTS) is 4. The van der Waals surface area contributed by atoms with E-state index in [4.69, 9.17) is 49.2 Å². The maximum atomic E-state index is 12.2. The van der Waals surface area contributed by atoms with Crippen molar-refractivity contribution >= 4 is 88.3 Å². The Labute approximate surface area is 677 Å². The van der Waals surface area contributed by atoms with Crippen LogP contribution in [-0.2, 0) is 95.9 Å². The molecule has 0 radical (unpaired) electrons. The van der Waals surface area contributed by atoms with Crippen molar-refractivity contribution in [2.24, 2.45) is 17.8 Å². The molecule has 3 saturated heterocycles. The Morgan fingerprint density at radius 3 is 1.03 bits per heavy atom. The van der Waals surface area contributed by atoms with Crippen molar-refractivity contribution in [2.75, 3.05) is 103 Å². The van der Waals surface area contributed by atoms with Gasteiger partial charge in [-0.05, 0) is 213 Å². The van der Waals surface area contributed by atoms with Gasteiger partial charge in [0.15, 0.2) is 17.7 Å². The lowest BCUT2D eigenvalue weighted by Crippen LogP contribution is -2.35. The van der Waals surface area contributed by atoms with E-state index in [0.29, 0.717) is 52.7 Å². The molecule has 7 N–H and O–H groups in total. The average molecular weight is 1600 g/mol. The van der Waals surface area contributed by atoms with Crippen LogP contribution in [0, 0.1) is 59.3 Å². The van der Waals surface area contributed by atoms with E-state index in [0.717, 1.165) is 150 Å². The molecule has 116 heavy (non-hydrogen) atoms. The van der Waals surface area contributed by atoms with Crippen molar-refractivity contribution in [2.45, 2.75) is 227 Å². The standard InChI is InChI=1S/C29H39N5O5.C28H37N5O6.C28H37N5O5/c1-17-27(30-16-23(29(37)38)15-26(36)39-19(3)18(2)35)31-20(4)32-28(17)34-13-11-22(12-14-34)25-10-9-21-7-5-6-8-24(21)33-25;1-17-26(29-16-21(28(37)38)15-25(36)39-14-11-24(34)35)30-18(2)31-27(17)33-12-9-20(10-13-33)23-8-7-19-5-3-4-6-22(19)32-23;1-17(34)16-38-25(35)14-22(28(36)37)15-29-26-18(2)27(31-19(3)30-26)33-12-10-21(11-13-33)24-9-8-20-6-4-5-7-23(20)32-24/h9-10,19,22-23H,5-8,11-16H2,1-4H3,(H,37,38)(H,30,31,32);7-8,20-21H,3-6,9-16H2,1-2H3,(H,34,35)(H,37,38)(H,29,30,31);8-9,21-22H,4-7,10-16H2,1-3H3,(H,36,37)(H,29,30,31)/t19-,23-;21-;22-/m000/s1. The maximum Gasteiger partial charge on any atom is 0.308 e. The quantitative estimate of drug-likeness (QED) is 0.0157. The number of anilines is 6. The van der Waals surface area contributed by atoms with E-state index in [1.54, 1.807) is 6.92 Å². The predicted octanol–water partition coefficient (Wildman–Crippen LogP) is 10.4. The highest BCUT2D eigenvalue weighted by Crippen LogP contribution is 2.38. The van der Waals surface area contributed by atoms with Gasteiger partial charge in [-0.15, -0.1) is 0 Å². The molecule has 6 aromatic heterocycles. The number of nitrogens with one attached hydrogen (secondary N) is 3. The number of Topliss-reactive ketones (excluding diaryl/α,β-unsaturated/α-hetero) is 2. The van der Waals surface area contributed by atoms with Gasteiger partial charge in [-0.2, -0.15) is 0 Å². The van der Waals surface area contributed by atoms with Crippen LogP contribution >= 0.6 is 0 Å². The number of ketones is 2. The molecule has 0 amide bonds. The second kappa shape index (κ2) is 41.6. The molecule has 6 aromatic rings. The van der Waals surface area contributed by atoms with Gasteiger partial charge in [0.2, 0.25) is 0 Å². The molecular weight excluding hydrogens is 1490 g/mol. The summed E-state index contributed by atoms with van der Waals surface area (Å²) in [5, 5.41) is 46.8. The molecule has 31 nitrogen and oxygen atoms in total. The number of nitrogens with zero attached hydrogens (tertiary/aromatic N) is 12. The van der Waals surface area contributed by atoms with E-state index in [2.05, 4.69) is 82.0 Å². The first-order valence-electron chi connectivity index (χ1n) is 40.9. The van der Waals surface area contributed by atoms with Crippen molar-refractivity contribution in [1.82, 2.24) is 44.9 Å². The zero-order valence-electron chi connectivity index (χ0n) is 68.4. The average Bonchev–Trinajstić information content (AvgIpc) is 0.808. The fourth-order valence-electron chi connectivity index (χ4n) is 15.8. The van der Waals surface area contributed by atoms with Gasteiger partial charge in [0, 0.05) is 128 Å². The van der Waals surface area contributed by atoms with E-state index in [1.165, 1.54) is 110 Å². The molecule has 6 aliphatic rings. The number of piperidine rings is 3. The van der Waals surface area contributed by atoms with Crippen molar-refractivity contribution in [3.8, 4) is 0 Å². The molecule has 3 fully saturated rings. The van der Waals surface area contributed by atoms with Crippen LogP contribution < -0.4 is 30.7 Å². The summed E-state index contributed by atoms with van der Waals surface area (Å²) in [6.45, 7) is 19.6. The summed E-state index contributed by atoms with van der Waals surface area (Å²) in [5.74, 6) is -3.27. The number of carbonyl (C=O) groups excluding carboxylic acids is 5. The summed E-state index contributed by atoms with van der Waals surface area (Å²) >= 11 is 0. The van der Waals surface area contributed by atoms with Gasteiger partial charge in [0.25, 0.3) is 0 Å². The number of hydrogen-bond acceptors (Lipinski definition) is 27. The number of carbonyl (C=O) groups is 9. The molecule has 624 valence electrons. The number of hydrogen-bond donors (Lipinski definition) is 7. The first kappa shape index (κ1) is 87.5. The van der Waals surface area contributed by atoms with Crippen LogP contribution in [0.25, 0.3) is 0 Å². The highest BCUT2D eigenvalue weighted by atomic mass is 16.6. The molecule has 3 aliphatic carbocycles. The Morgan fingerprint density at radius 2 is 0.733 bits per heavy atom. The number of pyridine rings is 3. The van der Waals surface area contributed by atoms with Crippen molar-refractivity contribution in [3.05, 3.63) is 121 Å². The molecular formula is C85H113N15O16. The highest BCUT2D eigenvalue weighted by Gasteiger charge is 2.33. The Hall–Kier alpha value is -10.9. The largest absolute Gasteiger partial charge is 0.481 e. The van der Waals surface area contributed by atoms with E-state index in [-0.39, 0.29) is 70.1 Å². The summed E-state index contributed by atoms with van der Waals surface area (Å²) < 4.78 is 14.7. The maximum absolute atomic E-state index is 12.2. The first-order chi connectivity index (χ1) is 55.5. The summed E-state index contributed by atoms with van der Waals surface area (Å²) in [5.41, 5.74) is 14.1. The van der Waals surface area contributed by atoms with Gasteiger partial charge in [0.1, 0.15) is 65.6 Å². The van der Waals surface area contributed by atoms with Crippen LogP contribution in [0.1, 0.15) is 226 Å². The van der Waals surface area contributed by atoms with Crippen LogP contribution in [0.5, 0.6) is 0 Å². The smallest absolute Gasteiger partial charge is 0.308 e. The topological polar surface area (TPSA) is 424 Å². The first-order valence-corrected chi connectivity index (χ1v) is 40.9. The molecule has 0 spiro atoms. The summed E-state index contributed by atoms with van der Waals surface area (Å²) in [6.07, 6.45) is 17.7. The Bertz CT molecular complexity index is 4520. The number of fused-ring (bicyclic) bond motifs is 3. The summed E-state index contributed by atoms with van der Waals surface area (Å²) in [4.78, 5) is 154. The van der Waals surface area contributed by atoms with Gasteiger partial charge in [0.05, 0.1) is 43.4 Å². The minimum atomic E-state index is -1.15. The second-order valence-corrected chi connectivity index (χ2v) is 31.5.